The van der Waals surface area contributed by atoms with E-state index in [1.807, 2.05) is 12.1 Å². The zero-order valence-electron chi connectivity index (χ0n) is 16.8. The van der Waals surface area contributed by atoms with Gasteiger partial charge in [-0.15, -0.1) is 16.4 Å². The van der Waals surface area contributed by atoms with Crippen LogP contribution in [-0.2, 0) is 0 Å². The summed E-state index contributed by atoms with van der Waals surface area (Å²) in [5, 5.41) is 8.82. The third kappa shape index (κ3) is 4.62. The molecule has 2 aromatic carbocycles. The molecule has 1 amide bonds. The first kappa shape index (κ1) is 21.9. The van der Waals surface area contributed by atoms with Gasteiger partial charge < -0.3 is 9.47 Å². The molecular weight excluding hydrogens is 472 g/mol. The van der Waals surface area contributed by atoms with E-state index in [0.717, 1.165) is 21.6 Å². The van der Waals surface area contributed by atoms with Crippen molar-refractivity contribution in [3.63, 3.8) is 0 Å². The summed E-state index contributed by atoms with van der Waals surface area (Å²) in [6.07, 6.45) is 1.48. The number of aryl methyl sites for hydroxylation is 1. The average Bonchev–Trinajstić information content (AvgIpc) is 3.37. The second-order valence-electron chi connectivity index (χ2n) is 6.45. The summed E-state index contributed by atoms with van der Waals surface area (Å²) in [6, 6.07) is 12.1. The summed E-state index contributed by atoms with van der Waals surface area (Å²) in [5.41, 5.74) is 3.68. The number of carbonyl (C=O) groups excluding carboxylic acids is 2. The van der Waals surface area contributed by atoms with E-state index in [9.17, 15) is 9.59 Å². The Hall–Kier alpha value is -3.34. The Balaban J connectivity index is 1.41. The molecule has 8 nitrogen and oxygen atoms in total. The number of methoxy groups -OCH3 is 1. The van der Waals surface area contributed by atoms with Crippen LogP contribution in [0.3, 0.4) is 0 Å². The predicted molar refractivity (Wildman–Crippen MR) is 124 cm³/mol. The van der Waals surface area contributed by atoms with Gasteiger partial charge in [0.1, 0.15) is 21.3 Å². The number of hydrogen-bond acceptors (Lipinski definition) is 9. The maximum atomic E-state index is 12.6. The van der Waals surface area contributed by atoms with Gasteiger partial charge in [-0.25, -0.2) is 10.2 Å². The molecular formula is C21H15ClN4O4S2. The van der Waals surface area contributed by atoms with Crippen molar-refractivity contribution < 1.29 is 19.1 Å². The summed E-state index contributed by atoms with van der Waals surface area (Å²) in [7, 11) is 1.58. The van der Waals surface area contributed by atoms with Gasteiger partial charge >= 0.3 is 5.97 Å². The first-order chi connectivity index (χ1) is 15.5. The first-order valence-electron chi connectivity index (χ1n) is 9.17. The number of nitrogens with one attached hydrogen (secondary N) is 1. The highest BCUT2D eigenvalue weighted by Crippen LogP contribution is 2.37. The van der Waals surface area contributed by atoms with Crippen LogP contribution in [0.4, 0.5) is 0 Å². The maximum Gasteiger partial charge on any atom is 0.355 e. The number of aromatic nitrogens is 2. The maximum absolute atomic E-state index is 12.6. The number of carbonyl (C=O) groups is 2. The topological polar surface area (TPSA) is 103 Å². The van der Waals surface area contributed by atoms with Crippen molar-refractivity contribution in [3.8, 4) is 11.5 Å². The van der Waals surface area contributed by atoms with E-state index in [0.29, 0.717) is 37.5 Å². The number of nitrogens with zero attached hydrogens (tertiary/aromatic N) is 3. The highest BCUT2D eigenvalue weighted by Gasteiger charge is 2.19. The lowest BCUT2D eigenvalue weighted by molar-refractivity contribution is 0.0739. The van der Waals surface area contributed by atoms with E-state index in [2.05, 4.69) is 20.1 Å². The SMILES string of the molecule is COc1ccc2c(Cl)c(C(=O)Oc3ccc(/C=N\NC(=O)c4snnc4C)cc3)sc2c1. The number of amides is 1. The van der Waals surface area contributed by atoms with Gasteiger partial charge in [0, 0.05) is 10.1 Å². The largest absolute Gasteiger partial charge is 0.497 e. The normalized spacial score (nSPS) is 11.1. The van der Waals surface area contributed by atoms with Crippen LogP contribution < -0.4 is 14.9 Å². The van der Waals surface area contributed by atoms with E-state index in [4.69, 9.17) is 21.1 Å². The lowest BCUT2D eigenvalue weighted by Crippen LogP contribution is -2.17. The third-order valence-electron chi connectivity index (χ3n) is 4.35. The van der Waals surface area contributed by atoms with Crippen molar-refractivity contribution in [2.75, 3.05) is 7.11 Å². The van der Waals surface area contributed by atoms with Gasteiger partial charge in [-0.2, -0.15) is 5.10 Å². The Morgan fingerprint density at radius 3 is 2.56 bits per heavy atom. The zero-order chi connectivity index (χ0) is 22.7. The fourth-order valence-electron chi connectivity index (χ4n) is 2.73. The van der Waals surface area contributed by atoms with E-state index < -0.39 is 5.97 Å². The van der Waals surface area contributed by atoms with Gasteiger partial charge in [-0.3, -0.25) is 4.79 Å². The molecule has 0 spiro atoms. The minimum atomic E-state index is -0.544. The second-order valence-corrected chi connectivity index (χ2v) is 8.64. The van der Waals surface area contributed by atoms with Crippen LogP contribution in [0.15, 0.2) is 47.6 Å². The molecule has 0 aliphatic rings. The van der Waals surface area contributed by atoms with Crippen LogP contribution in [0.5, 0.6) is 11.5 Å². The zero-order valence-corrected chi connectivity index (χ0v) is 19.2. The average molecular weight is 487 g/mol. The number of halogens is 1. The molecule has 0 saturated heterocycles. The number of rotatable bonds is 6. The van der Waals surface area contributed by atoms with Crippen molar-refractivity contribution in [3.05, 3.63) is 68.5 Å². The molecule has 2 heterocycles. The van der Waals surface area contributed by atoms with E-state index >= 15 is 0 Å². The molecule has 0 fully saturated rings. The van der Waals surface area contributed by atoms with E-state index in [1.54, 1.807) is 44.4 Å². The summed E-state index contributed by atoms with van der Waals surface area (Å²) in [4.78, 5) is 25.3. The second kappa shape index (κ2) is 9.43. The standard InChI is InChI=1S/C21H15ClN4O4S2/c1-11-18(32-26-24-11)20(27)25-23-10-12-3-5-13(6-4-12)30-21(28)19-17(22)15-8-7-14(29-2)9-16(15)31-19/h3-10H,1-2H3,(H,25,27)/b23-10-. The van der Waals surface area contributed by atoms with Crippen molar-refractivity contribution in [2.24, 2.45) is 5.10 Å². The fourth-order valence-corrected chi connectivity index (χ4v) is 4.69. The first-order valence-corrected chi connectivity index (χ1v) is 11.1. The Kier molecular flexibility index (Phi) is 6.45. The molecule has 162 valence electrons. The Labute approximate surface area is 195 Å². The number of ether oxygens (including phenoxy) is 2. The van der Waals surface area contributed by atoms with Crippen LogP contribution in [0.25, 0.3) is 10.1 Å². The quantitative estimate of drug-likeness (QED) is 0.183. The summed E-state index contributed by atoms with van der Waals surface area (Å²) >= 11 is 8.62. The van der Waals surface area contributed by atoms with Crippen LogP contribution >= 0.6 is 34.5 Å². The Morgan fingerprint density at radius 2 is 1.88 bits per heavy atom. The molecule has 0 radical (unpaired) electrons. The molecule has 0 aliphatic carbocycles. The van der Waals surface area contributed by atoms with Gasteiger partial charge in [0.05, 0.1) is 24.0 Å². The number of fused-ring (bicyclic) bond motifs is 1. The van der Waals surface area contributed by atoms with Crippen molar-refractivity contribution in [2.45, 2.75) is 6.92 Å². The lowest BCUT2D eigenvalue weighted by Gasteiger charge is -2.03. The third-order valence-corrected chi connectivity index (χ3v) is 6.81. The molecule has 4 rings (SSSR count). The van der Waals surface area contributed by atoms with E-state index in [-0.39, 0.29) is 5.91 Å². The molecule has 0 aliphatic heterocycles. The monoisotopic (exact) mass is 486 g/mol. The Bertz CT molecular complexity index is 1330. The molecule has 32 heavy (non-hydrogen) atoms. The van der Waals surface area contributed by atoms with Gasteiger partial charge in [0.25, 0.3) is 5.91 Å². The molecule has 0 bridgehead atoms. The summed E-state index contributed by atoms with van der Waals surface area (Å²) < 4.78 is 15.2. The molecule has 2 aromatic heterocycles. The minimum Gasteiger partial charge on any atom is -0.497 e. The number of thiophene rings is 1. The fraction of sp³-hybridized carbons (Fsp3) is 0.0952. The van der Waals surface area contributed by atoms with Crippen LogP contribution in [0.2, 0.25) is 5.02 Å². The Morgan fingerprint density at radius 1 is 1.12 bits per heavy atom. The number of hydrazone groups is 1. The molecule has 0 unspecified atom stereocenters. The van der Waals surface area contributed by atoms with Crippen molar-refractivity contribution in [1.29, 1.82) is 0 Å². The van der Waals surface area contributed by atoms with Gasteiger partial charge in [-0.1, -0.05) is 16.1 Å². The molecule has 4 aromatic rings. The highest BCUT2D eigenvalue weighted by molar-refractivity contribution is 7.21. The number of hydrogen-bond donors (Lipinski definition) is 1. The summed E-state index contributed by atoms with van der Waals surface area (Å²) in [6.45, 7) is 1.70. The molecule has 0 saturated carbocycles. The predicted octanol–water partition coefficient (Wildman–Crippen LogP) is 4.71. The molecule has 0 atom stereocenters. The molecule has 1 N–H and O–H groups in total. The van der Waals surface area contributed by atoms with Crippen LogP contribution in [0.1, 0.15) is 30.6 Å². The summed E-state index contributed by atoms with van der Waals surface area (Å²) in [5.74, 6) is 0.116. The van der Waals surface area contributed by atoms with Gasteiger partial charge in [-0.05, 0) is 66.5 Å². The van der Waals surface area contributed by atoms with Crippen molar-refractivity contribution >= 4 is 62.6 Å². The van der Waals surface area contributed by atoms with Crippen LogP contribution in [0, 0.1) is 6.92 Å². The highest BCUT2D eigenvalue weighted by atomic mass is 35.5. The van der Waals surface area contributed by atoms with Gasteiger partial charge in [0.2, 0.25) is 0 Å². The smallest absolute Gasteiger partial charge is 0.355 e. The molecule has 11 heteroatoms. The number of benzene rings is 2. The van der Waals surface area contributed by atoms with Crippen LogP contribution in [-0.4, -0.2) is 34.8 Å². The van der Waals surface area contributed by atoms with Crippen molar-refractivity contribution in [1.82, 2.24) is 15.0 Å². The minimum absolute atomic E-state index is 0.316. The lowest BCUT2D eigenvalue weighted by atomic mass is 10.2. The number of esters is 1. The van der Waals surface area contributed by atoms with Gasteiger partial charge in [0.15, 0.2) is 0 Å². The van der Waals surface area contributed by atoms with E-state index in [1.165, 1.54) is 17.6 Å².